The van der Waals surface area contributed by atoms with Crippen LogP contribution < -0.4 is 19.5 Å². The molecular weight excluding hydrogens is 410 g/mol. The standard InChI is InChI=1S/C24H21N3O5/c1-29-18-9-6-8-17(14-18)24-26-23(27-32-24)16-7-5-10-19(13-16)31-15-22(28)25-20-11-3-4-12-21(20)30-2/h3-14H,15H2,1-2H3,(H,25,28). The van der Waals surface area contributed by atoms with Gasteiger partial charge < -0.3 is 24.1 Å². The summed E-state index contributed by atoms with van der Waals surface area (Å²) in [4.78, 5) is 16.7. The first-order valence-corrected chi connectivity index (χ1v) is 9.80. The maximum absolute atomic E-state index is 12.3. The van der Waals surface area contributed by atoms with Crippen molar-refractivity contribution in [2.24, 2.45) is 0 Å². The summed E-state index contributed by atoms with van der Waals surface area (Å²) in [5.41, 5.74) is 2.03. The highest BCUT2D eigenvalue weighted by molar-refractivity contribution is 5.93. The Hall–Kier alpha value is -4.33. The molecule has 0 aliphatic rings. The van der Waals surface area contributed by atoms with E-state index < -0.39 is 0 Å². The van der Waals surface area contributed by atoms with Crippen molar-refractivity contribution in [3.8, 4) is 40.1 Å². The first-order chi connectivity index (χ1) is 15.7. The fourth-order valence-corrected chi connectivity index (χ4v) is 3.02. The zero-order valence-electron chi connectivity index (χ0n) is 17.6. The van der Waals surface area contributed by atoms with E-state index in [0.717, 1.165) is 5.56 Å². The number of para-hydroxylation sites is 2. The third-order valence-electron chi connectivity index (χ3n) is 4.59. The van der Waals surface area contributed by atoms with E-state index in [0.29, 0.717) is 40.2 Å². The summed E-state index contributed by atoms with van der Waals surface area (Å²) >= 11 is 0. The topological polar surface area (TPSA) is 95.7 Å². The zero-order valence-corrected chi connectivity index (χ0v) is 17.6. The van der Waals surface area contributed by atoms with E-state index in [1.165, 1.54) is 0 Å². The number of hydrogen-bond acceptors (Lipinski definition) is 7. The van der Waals surface area contributed by atoms with Gasteiger partial charge in [-0.1, -0.05) is 35.5 Å². The van der Waals surface area contributed by atoms with E-state index in [-0.39, 0.29) is 12.5 Å². The number of carbonyl (C=O) groups is 1. The summed E-state index contributed by atoms with van der Waals surface area (Å²) in [6.07, 6.45) is 0. The van der Waals surface area contributed by atoms with Crippen molar-refractivity contribution in [3.63, 3.8) is 0 Å². The molecule has 1 amide bonds. The van der Waals surface area contributed by atoms with Gasteiger partial charge in [0.15, 0.2) is 6.61 Å². The van der Waals surface area contributed by atoms with Gasteiger partial charge in [-0.25, -0.2) is 0 Å². The average Bonchev–Trinajstić information content (AvgIpc) is 3.34. The predicted octanol–water partition coefficient (Wildman–Crippen LogP) is 4.44. The summed E-state index contributed by atoms with van der Waals surface area (Å²) in [5.74, 6) is 2.26. The molecule has 32 heavy (non-hydrogen) atoms. The summed E-state index contributed by atoms with van der Waals surface area (Å²) in [5, 5.41) is 6.82. The molecule has 0 saturated heterocycles. The second kappa shape index (κ2) is 9.65. The molecule has 0 saturated carbocycles. The Morgan fingerprint density at radius 2 is 1.66 bits per heavy atom. The van der Waals surface area contributed by atoms with Crippen LogP contribution in [0.15, 0.2) is 77.3 Å². The lowest BCUT2D eigenvalue weighted by Gasteiger charge is -2.10. The fraction of sp³-hybridized carbons (Fsp3) is 0.125. The molecule has 0 atom stereocenters. The van der Waals surface area contributed by atoms with Crippen LogP contribution in [0, 0.1) is 0 Å². The molecule has 0 spiro atoms. The van der Waals surface area contributed by atoms with E-state index in [1.54, 1.807) is 44.6 Å². The highest BCUT2D eigenvalue weighted by Crippen LogP contribution is 2.27. The van der Waals surface area contributed by atoms with E-state index in [1.807, 2.05) is 42.5 Å². The van der Waals surface area contributed by atoms with E-state index in [4.69, 9.17) is 18.7 Å². The molecule has 0 bridgehead atoms. The molecule has 1 aromatic heterocycles. The highest BCUT2D eigenvalue weighted by Gasteiger charge is 2.13. The molecule has 0 radical (unpaired) electrons. The summed E-state index contributed by atoms with van der Waals surface area (Å²) in [7, 11) is 3.14. The number of hydrogen-bond donors (Lipinski definition) is 1. The van der Waals surface area contributed by atoms with Crippen molar-refractivity contribution in [1.82, 2.24) is 10.1 Å². The monoisotopic (exact) mass is 431 g/mol. The van der Waals surface area contributed by atoms with Gasteiger partial charge in [-0.3, -0.25) is 4.79 Å². The lowest BCUT2D eigenvalue weighted by molar-refractivity contribution is -0.118. The number of nitrogens with zero attached hydrogens (tertiary/aromatic N) is 2. The molecule has 0 fully saturated rings. The number of benzene rings is 3. The molecule has 4 rings (SSSR count). The molecule has 1 heterocycles. The lowest BCUT2D eigenvalue weighted by atomic mass is 10.2. The van der Waals surface area contributed by atoms with Crippen molar-refractivity contribution < 1.29 is 23.5 Å². The highest BCUT2D eigenvalue weighted by atomic mass is 16.5. The van der Waals surface area contributed by atoms with Crippen LogP contribution in [-0.4, -0.2) is 36.9 Å². The molecule has 0 aliphatic heterocycles. The fourth-order valence-electron chi connectivity index (χ4n) is 3.02. The minimum Gasteiger partial charge on any atom is -0.497 e. The van der Waals surface area contributed by atoms with Gasteiger partial charge in [-0.15, -0.1) is 0 Å². The van der Waals surface area contributed by atoms with Crippen LogP contribution in [0.4, 0.5) is 5.69 Å². The Kier molecular flexibility index (Phi) is 6.31. The van der Waals surface area contributed by atoms with Gasteiger partial charge in [0.25, 0.3) is 11.8 Å². The minimum atomic E-state index is -0.306. The first kappa shape index (κ1) is 20.9. The van der Waals surface area contributed by atoms with Gasteiger partial charge in [0.05, 0.1) is 19.9 Å². The second-order valence-electron chi connectivity index (χ2n) is 6.72. The van der Waals surface area contributed by atoms with Gasteiger partial charge >= 0.3 is 0 Å². The van der Waals surface area contributed by atoms with E-state index >= 15 is 0 Å². The molecule has 8 heteroatoms. The summed E-state index contributed by atoms with van der Waals surface area (Å²) in [6, 6.07) is 21.7. The Labute approximate surface area is 184 Å². The third kappa shape index (κ3) is 4.86. The molecule has 1 N–H and O–H groups in total. The van der Waals surface area contributed by atoms with Crippen LogP contribution in [0.2, 0.25) is 0 Å². The molecule has 0 aliphatic carbocycles. The Morgan fingerprint density at radius 3 is 2.47 bits per heavy atom. The zero-order chi connectivity index (χ0) is 22.3. The number of aromatic nitrogens is 2. The van der Waals surface area contributed by atoms with Crippen LogP contribution in [-0.2, 0) is 4.79 Å². The van der Waals surface area contributed by atoms with Crippen molar-refractivity contribution in [2.75, 3.05) is 26.1 Å². The predicted molar refractivity (Wildman–Crippen MR) is 119 cm³/mol. The molecule has 0 unspecified atom stereocenters. The number of rotatable bonds is 8. The van der Waals surface area contributed by atoms with E-state index in [9.17, 15) is 4.79 Å². The maximum atomic E-state index is 12.3. The average molecular weight is 431 g/mol. The second-order valence-corrected chi connectivity index (χ2v) is 6.72. The number of ether oxygens (including phenoxy) is 3. The number of anilines is 1. The smallest absolute Gasteiger partial charge is 0.262 e. The van der Waals surface area contributed by atoms with Crippen molar-refractivity contribution in [2.45, 2.75) is 0 Å². The normalized spacial score (nSPS) is 10.4. The van der Waals surface area contributed by atoms with Crippen molar-refractivity contribution >= 4 is 11.6 Å². The largest absolute Gasteiger partial charge is 0.497 e. The van der Waals surface area contributed by atoms with E-state index in [2.05, 4.69) is 15.5 Å². The quantitative estimate of drug-likeness (QED) is 0.441. The third-order valence-corrected chi connectivity index (χ3v) is 4.59. The molecule has 8 nitrogen and oxygen atoms in total. The van der Waals surface area contributed by atoms with Crippen LogP contribution >= 0.6 is 0 Å². The van der Waals surface area contributed by atoms with Crippen molar-refractivity contribution in [1.29, 1.82) is 0 Å². The van der Waals surface area contributed by atoms with Crippen LogP contribution in [0.1, 0.15) is 0 Å². The van der Waals surface area contributed by atoms with Gasteiger partial charge in [0.2, 0.25) is 5.82 Å². The SMILES string of the molecule is COc1cccc(-c2nc(-c3cccc(OCC(=O)Nc4ccccc4OC)c3)no2)c1. The van der Waals surface area contributed by atoms with Crippen molar-refractivity contribution in [3.05, 3.63) is 72.8 Å². The number of carbonyl (C=O) groups excluding carboxylic acids is 1. The van der Waals surface area contributed by atoms with Crippen LogP contribution in [0.25, 0.3) is 22.8 Å². The molecular formula is C24H21N3O5. The van der Waals surface area contributed by atoms with Gasteiger partial charge in [-0.05, 0) is 42.5 Å². The van der Waals surface area contributed by atoms with Crippen LogP contribution in [0.5, 0.6) is 17.2 Å². The Balaban J connectivity index is 1.43. The van der Waals surface area contributed by atoms with Gasteiger partial charge in [0, 0.05) is 11.1 Å². The number of nitrogens with one attached hydrogen (secondary N) is 1. The van der Waals surface area contributed by atoms with Gasteiger partial charge in [-0.2, -0.15) is 4.98 Å². The summed E-state index contributed by atoms with van der Waals surface area (Å²) in [6.45, 7) is -0.164. The molecule has 162 valence electrons. The minimum absolute atomic E-state index is 0.164. The number of methoxy groups -OCH3 is 2. The lowest BCUT2D eigenvalue weighted by Crippen LogP contribution is -2.20. The maximum Gasteiger partial charge on any atom is 0.262 e. The first-order valence-electron chi connectivity index (χ1n) is 9.80. The molecule has 3 aromatic carbocycles. The van der Waals surface area contributed by atoms with Crippen LogP contribution in [0.3, 0.4) is 0 Å². The number of amides is 1. The summed E-state index contributed by atoms with van der Waals surface area (Å²) < 4.78 is 21.5. The van der Waals surface area contributed by atoms with Gasteiger partial charge in [0.1, 0.15) is 17.2 Å². The Morgan fingerprint density at radius 1 is 0.906 bits per heavy atom. The Bertz CT molecular complexity index is 1220. The molecule has 4 aromatic rings.